The number of rotatable bonds is 5. The summed E-state index contributed by atoms with van der Waals surface area (Å²) in [5.74, 6) is 0. The van der Waals surface area contributed by atoms with Crippen molar-refractivity contribution in [1.82, 2.24) is 5.32 Å². The fourth-order valence-corrected chi connectivity index (χ4v) is 0.704. The normalized spacial score (nSPS) is 9.27. The van der Waals surface area contributed by atoms with E-state index in [1.165, 1.54) is 0 Å². The number of unbranched alkanes of at least 4 members (excludes halogenated alkanes) is 1. The third-order valence-electron chi connectivity index (χ3n) is 1.11. The van der Waals surface area contributed by atoms with Gasteiger partial charge in [-0.1, -0.05) is 13.3 Å². The number of aliphatic hydroxyl groups is 1. The van der Waals surface area contributed by atoms with Crippen LogP contribution in [0.2, 0.25) is 0 Å². The summed E-state index contributed by atoms with van der Waals surface area (Å²) in [6.07, 6.45) is 2.11. The average molecular weight is 177 g/mol. The predicted molar refractivity (Wildman–Crippen MR) is 48.5 cm³/mol. The van der Waals surface area contributed by atoms with Crippen LogP contribution in [0.1, 0.15) is 19.8 Å². The Hall–Kier alpha value is -0.350. The number of ether oxygens (including phenoxy) is 1. The lowest BCUT2D eigenvalue weighted by Crippen LogP contribution is -2.27. The summed E-state index contributed by atoms with van der Waals surface area (Å²) in [6, 6.07) is 0. The standard InChI is InChI=1S/C7H15NO2S/c1-2-3-6-10-7(11)8-4-5-9/h9H,2-6H2,1H3,(H,8,11). The van der Waals surface area contributed by atoms with Crippen molar-refractivity contribution in [2.24, 2.45) is 0 Å². The molecule has 0 aromatic carbocycles. The lowest BCUT2D eigenvalue weighted by Gasteiger charge is -2.07. The first-order chi connectivity index (χ1) is 5.31. The molecule has 4 heteroatoms. The quantitative estimate of drug-likeness (QED) is 0.478. The van der Waals surface area contributed by atoms with Crippen LogP contribution in [-0.4, -0.2) is 30.0 Å². The van der Waals surface area contributed by atoms with Crippen molar-refractivity contribution >= 4 is 17.4 Å². The Morgan fingerprint density at radius 3 is 2.91 bits per heavy atom. The number of hydrogen-bond donors (Lipinski definition) is 2. The monoisotopic (exact) mass is 177 g/mol. The van der Waals surface area contributed by atoms with Crippen LogP contribution in [0.4, 0.5) is 0 Å². The number of aliphatic hydroxyl groups excluding tert-OH is 1. The maximum Gasteiger partial charge on any atom is 0.256 e. The highest BCUT2D eigenvalue weighted by atomic mass is 32.1. The van der Waals surface area contributed by atoms with Crippen LogP contribution in [0, 0.1) is 0 Å². The molecule has 0 bridgehead atoms. The van der Waals surface area contributed by atoms with Gasteiger partial charge >= 0.3 is 0 Å². The van der Waals surface area contributed by atoms with Gasteiger partial charge in [-0.2, -0.15) is 0 Å². The average Bonchev–Trinajstić information content (AvgIpc) is 2.01. The van der Waals surface area contributed by atoms with E-state index in [0.29, 0.717) is 18.3 Å². The van der Waals surface area contributed by atoms with E-state index in [1.54, 1.807) is 0 Å². The van der Waals surface area contributed by atoms with E-state index in [0.717, 1.165) is 12.8 Å². The van der Waals surface area contributed by atoms with Gasteiger partial charge in [0.1, 0.15) is 0 Å². The van der Waals surface area contributed by atoms with Gasteiger partial charge in [0.2, 0.25) is 0 Å². The molecule has 0 spiro atoms. The Labute approximate surface area is 72.7 Å². The fraction of sp³-hybridized carbons (Fsp3) is 0.857. The lowest BCUT2D eigenvalue weighted by atomic mass is 10.4. The van der Waals surface area contributed by atoms with E-state index in [2.05, 4.69) is 12.2 Å². The number of thiocarbonyl (C=S) groups is 1. The molecule has 2 N–H and O–H groups in total. The Kier molecular flexibility index (Phi) is 7.51. The van der Waals surface area contributed by atoms with Gasteiger partial charge in [0.15, 0.2) is 0 Å². The zero-order valence-electron chi connectivity index (χ0n) is 6.80. The Morgan fingerprint density at radius 1 is 1.64 bits per heavy atom. The molecule has 0 saturated heterocycles. The smallest absolute Gasteiger partial charge is 0.256 e. The van der Waals surface area contributed by atoms with Crippen LogP contribution in [0.15, 0.2) is 0 Å². The van der Waals surface area contributed by atoms with Crippen molar-refractivity contribution in [3.63, 3.8) is 0 Å². The lowest BCUT2D eigenvalue weighted by molar-refractivity contribution is 0.272. The maximum absolute atomic E-state index is 8.41. The van der Waals surface area contributed by atoms with Crippen LogP contribution in [0.5, 0.6) is 0 Å². The first kappa shape index (κ1) is 10.7. The topological polar surface area (TPSA) is 41.5 Å². The van der Waals surface area contributed by atoms with Gasteiger partial charge in [0, 0.05) is 6.54 Å². The van der Waals surface area contributed by atoms with Crippen molar-refractivity contribution < 1.29 is 9.84 Å². The van der Waals surface area contributed by atoms with Crippen LogP contribution < -0.4 is 5.32 Å². The van der Waals surface area contributed by atoms with Crippen molar-refractivity contribution in [1.29, 1.82) is 0 Å². The Morgan fingerprint density at radius 2 is 2.36 bits per heavy atom. The summed E-state index contributed by atoms with van der Waals surface area (Å²) in [6.45, 7) is 3.30. The summed E-state index contributed by atoms with van der Waals surface area (Å²) < 4.78 is 5.09. The molecule has 0 aromatic rings. The summed E-state index contributed by atoms with van der Waals surface area (Å²) in [7, 11) is 0. The highest BCUT2D eigenvalue weighted by Crippen LogP contribution is 1.87. The molecule has 3 nitrogen and oxygen atoms in total. The van der Waals surface area contributed by atoms with Gasteiger partial charge in [-0.05, 0) is 18.6 Å². The van der Waals surface area contributed by atoms with Gasteiger partial charge in [0.05, 0.1) is 13.2 Å². The van der Waals surface area contributed by atoms with E-state index in [9.17, 15) is 0 Å². The molecule has 0 aliphatic heterocycles. The van der Waals surface area contributed by atoms with Crippen LogP contribution in [0.25, 0.3) is 0 Å². The molecule has 0 unspecified atom stereocenters. The second-order valence-electron chi connectivity index (χ2n) is 2.14. The molecule has 66 valence electrons. The molecule has 0 aliphatic rings. The Balaban J connectivity index is 3.09. The van der Waals surface area contributed by atoms with E-state index < -0.39 is 0 Å². The number of nitrogens with one attached hydrogen (secondary N) is 1. The van der Waals surface area contributed by atoms with E-state index >= 15 is 0 Å². The maximum atomic E-state index is 8.41. The molecular formula is C7H15NO2S. The van der Waals surface area contributed by atoms with E-state index in [1.807, 2.05) is 0 Å². The van der Waals surface area contributed by atoms with Gasteiger partial charge in [-0.25, -0.2) is 0 Å². The van der Waals surface area contributed by atoms with Gasteiger partial charge in [0.25, 0.3) is 5.17 Å². The first-order valence-corrected chi connectivity index (χ1v) is 4.23. The largest absolute Gasteiger partial charge is 0.471 e. The summed E-state index contributed by atoms with van der Waals surface area (Å²) >= 11 is 4.79. The molecular weight excluding hydrogens is 162 g/mol. The van der Waals surface area contributed by atoms with Gasteiger partial charge < -0.3 is 15.2 Å². The SMILES string of the molecule is CCCCOC(=S)NCCO. The molecule has 0 radical (unpaired) electrons. The zero-order chi connectivity index (χ0) is 8.53. The minimum Gasteiger partial charge on any atom is -0.471 e. The molecule has 0 aromatic heterocycles. The molecule has 0 amide bonds. The second kappa shape index (κ2) is 7.75. The third kappa shape index (κ3) is 7.55. The zero-order valence-corrected chi connectivity index (χ0v) is 7.62. The van der Waals surface area contributed by atoms with Crippen molar-refractivity contribution in [2.45, 2.75) is 19.8 Å². The van der Waals surface area contributed by atoms with Crippen molar-refractivity contribution in [3.8, 4) is 0 Å². The minimum atomic E-state index is 0.0806. The highest BCUT2D eigenvalue weighted by molar-refractivity contribution is 7.80. The molecule has 0 atom stereocenters. The summed E-state index contributed by atoms with van der Waals surface area (Å²) in [4.78, 5) is 0. The van der Waals surface area contributed by atoms with E-state index in [4.69, 9.17) is 22.1 Å². The van der Waals surface area contributed by atoms with Gasteiger partial charge in [-0.3, -0.25) is 0 Å². The molecule has 0 saturated carbocycles. The van der Waals surface area contributed by atoms with E-state index in [-0.39, 0.29) is 6.61 Å². The minimum absolute atomic E-state index is 0.0806. The highest BCUT2D eigenvalue weighted by Gasteiger charge is 1.93. The molecule has 0 rings (SSSR count). The Bertz CT molecular complexity index is 109. The predicted octanol–water partition coefficient (Wildman–Crippen LogP) is 0.670. The molecule has 0 aliphatic carbocycles. The van der Waals surface area contributed by atoms with Crippen LogP contribution >= 0.6 is 12.2 Å². The second-order valence-corrected chi connectivity index (χ2v) is 2.51. The van der Waals surface area contributed by atoms with Gasteiger partial charge in [-0.15, -0.1) is 0 Å². The van der Waals surface area contributed by atoms with Crippen molar-refractivity contribution in [2.75, 3.05) is 19.8 Å². The van der Waals surface area contributed by atoms with Crippen LogP contribution in [-0.2, 0) is 4.74 Å². The molecule has 0 heterocycles. The summed E-state index contributed by atoms with van der Waals surface area (Å²) in [5.41, 5.74) is 0. The summed E-state index contributed by atoms with van der Waals surface area (Å²) in [5, 5.41) is 11.5. The third-order valence-corrected chi connectivity index (χ3v) is 1.37. The molecule has 0 fully saturated rings. The molecule has 11 heavy (non-hydrogen) atoms. The van der Waals surface area contributed by atoms with Crippen LogP contribution in [0.3, 0.4) is 0 Å². The fourth-order valence-electron chi connectivity index (χ4n) is 0.518. The van der Waals surface area contributed by atoms with Crippen molar-refractivity contribution in [3.05, 3.63) is 0 Å². The first-order valence-electron chi connectivity index (χ1n) is 3.82. The number of hydrogen-bond acceptors (Lipinski definition) is 3.